The van der Waals surface area contributed by atoms with Crippen molar-refractivity contribution < 1.29 is 19.1 Å². The molecule has 0 aliphatic carbocycles. The fourth-order valence-electron chi connectivity index (χ4n) is 0.666. The zero-order chi connectivity index (χ0) is 9.19. The number of aromatic nitrogens is 1. The third kappa shape index (κ3) is 2.04. The third-order valence-corrected chi connectivity index (χ3v) is 2.20. The average molecular weight is 189 g/mol. The molecule has 0 unspecified atom stereocenters. The molecule has 0 amide bonds. The number of pyridine rings is 1. The number of hydrogen-bond donors (Lipinski definition) is 2. The Balaban J connectivity index is 3.01. The van der Waals surface area contributed by atoms with Crippen LogP contribution in [0.2, 0.25) is 0 Å². The lowest BCUT2D eigenvalue weighted by atomic mass is 10.5. The Bertz CT molecular complexity index is 304. The molecule has 1 rings (SSSR count). The van der Waals surface area contributed by atoms with Crippen molar-refractivity contribution in [2.75, 3.05) is 7.11 Å². The van der Waals surface area contributed by atoms with Gasteiger partial charge in [-0.3, -0.25) is 4.57 Å². The quantitative estimate of drug-likeness (QED) is 0.634. The summed E-state index contributed by atoms with van der Waals surface area (Å²) in [5.74, 6) is 0.326. The van der Waals surface area contributed by atoms with E-state index >= 15 is 0 Å². The van der Waals surface area contributed by atoms with Crippen LogP contribution in [0.4, 0.5) is 0 Å². The van der Waals surface area contributed by atoms with Crippen LogP contribution in [0.5, 0.6) is 5.88 Å². The van der Waals surface area contributed by atoms with Gasteiger partial charge in [-0.25, -0.2) is 4.98 Å². The summed E-state index contributed by atoms with van der Waals surface area (Å²) in [5, 5.41) is -0.108. The molecule has 0 saturated carbocycles. The molecule has 1 heterocycles. The maximum absolute atomic E-state index is 10.6. The van der Waals surface area contributed by atoms with E-state index in [-0.39, 0.29) is 5.30 Å². The van der Waals surface area contributed by atoms with E-state index in [1.807, 2.05) is 0 Å². The molecule has 1 aromatic rings. The van der Waals surface area contributed by atoms with Crippen molar-refractivity contribution in [1.29, 1.82) is 0 Å². The summed E-state index contributed by atoms with van der Waals surface area (Å²) >= 11 is 0. The first kappa shape index (κ1) is 9.19. The lowest BCUT2D eigenvalue weighted by molar-refractivity contribution is 0.386. The fraction of sp³-hybridized carbons (Fsp3) is 0.167. The largest absolute Gasteiger partial charge is 0.481 e. The minimum Gasteiger partial charge on any atom is -0.481 e. The van der Waals surface area contributed by atoms with Crippen LogP contribution >= 0.6 is 7.60 Å². The van der Waals surface area contributed by atoms with Gasteiger partial charge in [0.2, 0.25) is 5.88 Å². The molecule has 0 aliphatic heterocycles. The Morgan fingerprint density at radius 2 is 2.17 bits per heavy atom. The molecule has 0 aromatic carbocycles. The van der Waals surface area contributed by atoms with Gasteiger partial charge in [-0.15, -0.1) is 0 Å². The third-order valence-electron chi connectivity index (χ3n) is 1.27. The minimum atomic E-state index is -4.17. The highest BCUT2D eigenvalue weighted by molar-refractivity contribution is 7.60. The molecule has 5 nitrogen and oxygen atoms in total. The van der Waals surface area contributed by atoms with E-state index in [0.29, 0.717) is 5.88 Å². The van der Waals surface area contributed by atoms with Crippen LogP contribution in [0.1, 0.15) is 0 Å². The molecule has 12 heavy (non-hydrogen) atoms. The van der Waals surface area contributed by atoms with Crippen molar-refractivity contribution >= 4 is 12.9 Å². The van der Waals surface area contributed by atoms with Gasteiger partial charge in [0.05, 0.1) is 12.4 Å². The summed E-state index contributed by atoms with van der Waals surface area (Å²) < 4.78 is 15.4. The van der Waals surface area contributed by atoms with Gasteiger partial charge in [0, 0.05) is 12.3 Å². The highest BCUT2D eigenvalue weighted by Crippen LogP contribution is 2.32. The Hall–Kier alpha value is -0.900. The topological polar surface area (TPSA) is 79.7 Å². The van der Waals surface area contributed by atoms with Gasteiger partial charge in [0.25, 0.3) is 0 Å². The van der Waals surface area contributed by atoms with Crippen molar-refractivity contribution in [1.82, 2.24) is 4.98 Å². The molecule has 0 bridgehead atoms. The van der Waals surface area contributed by atoms with Crippen LogP contribution in [0.25, 0.3) is 0 Å². The Labute approximate surface area is 69.2 Å². The minimum absolute atomic E-state index is 0.108. The monoisotopic (exact) mass is 189 g/mol. The van der Waals surface area contributed by atoms with Crippen LogP contribution in [-0.4, -0.2) is 21.9 Å². The average Bonchev–Trinajstić information content (AvgIpc) is 2.03. The second-order valence-electron chi connectivity index (χ2n) is 2.10. The van der Waals surface area contributed by atoms with E-state index in [0.717, 1.165) is 6.20 Å². The van der Waals surface area contributed by atoms with Crippen molar-refractivity contribution in [2.45, 2.75) is 0 Å². The van der Waals surface area contributed by atoms with Gasteiger partial charge in [-0.05, 0) is 6.07 Å². The first-order valence-electron chi connectivity index (χ1n) is 3.10. The van der Waals surface area contributed by atoms with Crippen LogP contribution in [0.15, 0.2) is 18.3 Å². The normalized spacial score (nSPS) is 11.2. The summed E-state index contributed by atoms with van der Waals surface area (Å²) in [6.07, 6.45) is 1.10. The molecular weight excluding hydrogens is 181 g/mol. The Morgan fingerprint density at radius 1 is 1.50 bits per heavy atom. The molecule has 0 spiro atoms. The number of ether oxygens (including phenoxy) is 1. The molecule has 0 fully saturated rings. The van der Waals surface area contributed by atoms with E-state index in [4.69, 9.17) is 14.5 Å². The highest BCUT2D eigenvalue weighted by atomic mass is 31.2. The number of hydrogen-bond acceptors (Lipinski definition) is 3. The first-order chi connectivity index (χ1) is 5.54. The van der Waals surface area contributed by atoms with Crippen molar-refractivity contribution in [2.24, 2.45) is 0 Å². The SMILES string of the molecule is COc1ccc(P(=O)(O)O)cn1. The maximum Gasteiger partial charge on any atom is 0.357 e. The molecule has 1 aromatic heterocycles. The zero-order valence-corrected chi connectivity index (χ0v) is 7.23. The van der Waals surface area contributed by atoms with Crippen LogP contribution < -0.4 is 10.0 Å². The molecule has 66 valence electrons. The molecule has 0 atom stereocenters. The lowest BCUT2D eigenvalue weighted by Gasteiger charge is -2.03. The fourth-order valence-corrected chi connectivity index (χ4v) is 1.14. The number of rotatable bonds is 2. The van der Waals surface area contributed by atoms with Gasteiger partial charge < -0.3 is 14.5 Å². The van der Waals surface area contributed by atoms with Gasteiger partial charge in [0.1, 0.15) is 0 Å². The molecule has 0 radical (unpaired) electrons. The predicted octanol–water partition coefficient (Wildman–Crippen LogP) is -0.107. The van der Waals surface area contributed by atoms with Gasteiger partial charge >= 0.3 is 7.60 Å². The predicted molar refractivity (Wildman–Crippen MR) is 42.5 cm³/mol. The second-order valence-corrected chi connectivity index (χ2v) is 3.71. The molecule has 6 heteroatoms. The van der Waals surface area contributed by atoms with E-state index in [2.05, 4.69) is 4.98 Å². The van der Waals surface area contributed by atoms with Gasteiger partial charge in [-0.1, -0.05) is 0 Å². The van der Waals surface area contributed by atoms with Crippen LogP contribution in [-0.2, 0) is 4.57 Å². The van der Waals surface area contributed by atoms with Crippen LogP contribution in [0.3, 0.4) is 0 Å². The smallest absolute Gasteiger partial charge is 0.357 e. The van der Waals surface area contributed by atoms with E-state index < -0.39 is 7.60 Å². The summed E-state index contributed by atoms with van der Waals surface area (Å²) in [4.78, 5) is 21.0. The zero-order valence-electron chi connectivity index (χ0n) is 6.34. The van der Waals surface area contributed by atoms with E-state index in [1.54, 1.807) is 0 Å². The first-order valence-corrected chi connectivity index (χ1v) is 4.71. The summed E-state index contributed by atoms with van der Waals surface area (Å²) in [7, 11) is -2.74. The highest BCUT2D eigenvalue weighted by Gasteiger charge is 2.16. The molecule has 0 aliphatic rings. The Kier molecular flexibility index (Phi) is 2.47. The number of methoxy groups -OCH3 is 1. The van der Waals surface area contributed by atoms with Crippen molar-refractivity contribution in [3.05, 3.63) is 18.3 Å². The maximum atomic E-state index is 10.6. The van der Waals surface area contributed by atoms with E-state index in [9.17, 15) is 4.57 Å². The van der Waals surface area contributed by atoms with Gasteiger partial charge in [-0.2, -0.15) is 0 Å². The van der Waals surface area contributed by atoms with E-state index in [1.165, 1.54) is 19.2 Å². The molecular formula is C6H8NO4P. The summed E-state index contributed by atoms with van der Waals surface area (Å²) in [5.41, 5.74) is 0. The van der Waals surface area contributed by atoms with Crippen molar-refractivity contribution in [3.8, 4) is 5.88 Å². The number of nitrogens with zero attached hydrogens (tertiary/aromatic N) is 1. The standard InChI is InChI=1S/C6H8NO4P/c1-11-6-3-2-5(4-7-6)12(8,9)10/h2-4H,1H3,(H2,8,9,10). The summed E-state index contributed by atoms with van der Waals surface area (Å²) in [6.45, 7) is 0. The van der Waals surface area contributed by atoms with Crippen LogP contribution in [0, 0.1) is 0 Å². The van der Waals surface area contributed by atoms with Gasteiger partial charge in [0.15, 0.2) is 0 Å². The Morgan fingerprint density at radius 3 is 2.50 bits per heavy atom. The van der Waals surface area contributed by atoms with Crippen molar-refractivity contribution in [3.63, 3.8) is 0 Å². The molecule has 0 saturated heterocycles. The molecule has 2 N–H and O–H groups in total. The second kappa shape index (κ2) is 3.23. The summed E-state index contributed by atoms with van der Waals surface area (Å²) in [6, 6.07) is 2.68. The lowest BCUT2D eigenvalue weighted by Crippen LogP contribution is -2.04.